The molecule has 170 valence electrons. The van der Waals surface area contributed by atoms with E-state index in [0.717, 1.165) is 87.7 Å². The molecule has 10 heteroatoms. The minimum atomic E-state index is 0. The molecule has 2 aromatic rings. The number of nitrogens with zero attached hydrogens (tertiary/aromatic N) is 6. The van der Waals surface area contributed by atoms with Crippen LogP contribution in [0, 0.1) is 0 Å². The topological polar surface area (TPSA) is 64.2 Å². The Balaban J connectivity index is 0.00000272. The first kappa shape index (κ1) is 24.3. The van der Waals surface area contributed by atoms with Gasteiger partial charge in [0.1, 0.15) is 0 Å². The van der Waals surface area contributed by atoms with E-state index in [0.29, 0.717) is 5.96 Å². The van der Waals surface area contributed by atoms with Gasteiger partial charge in [0.2, 0.25) is 0 Å². The van der Waals surface area contributed by atoms with Gasteiger partial charge in [-0.25, -0.2) is 4.98 Å². The monoisotopic (exact) mass is 575 g/mol. The molecule has 2 aliphatic heterocycles. The lowest BCUT2D eigenvalue weighted by Crippen LogP contribution is -2.51. The number of piperazine rings is 2. The number of rotatable bonds is 6. The second kappa shape index (κ2) is 12.1. The van der Waals surface area contributed by atoms with Gasteiger partial charge in [0.05, 0.1) is 10.7 Å². The molecule has 0 spiro atoms. The maximum Gasteiger partial charge on any atom is 0.191 e. The molecule has 1 aromatic heterocycles. The van der Waals surface area contributed by atoms with Crippen molar-refractivity contribution in [2.45, 2.75) is 6.42 Å². The molecule has 1 aromatic carbocycles. The number of benzene rings is 1. The van der Waals surface area contributed by atoms with Crippen LogP contribution in [0.2, 0.25) is 5.02 Å². The van der Waals surface area contributed by atoms with E-state index < -0.39 is 0 Å². The van der Waals surface area contributed by atoms with Gasteiger partial charge in [-0.2, -0.15) is 0 Å². The fourth-order valence-electron chi connectivity index (χ4n) is 4.01. The Morgan fingerprint density at radius 3 is 2.42 bits per heavy atom. The molecule has 0 aliphatic carbocycles. The molecule has 31 heavy (non-hydrogen) atoms. The average molecular weight is 576 g/mol. The summed E-state index contributed by atoms with van der Waals surface area (Å²) in [4.78, 5) is 18.4. The van der Waals surface area contributed by atoms with E-state index >= 15 is 0 Å². The number of aliphatic imine (C=N–C) groups is 1. The normalized spacial score (nSPS) is 18.2. The van der Waals surface area contributed by atoms with E-state index in [1.165, 1.54) is 0 Å². The van der Waals surface area contributed by atoms with Crippen LogP contribution in [-0.2, 0) is 0 Å². The van der Waals surface area contributed by atoms with E-state index in [-0.39, 0.29) is 24.0 Å². The molecule has 2 saturated heterocycles. The summed E-state index contributed by atoms with van der Waals surface area (Å²) in [5, 5.41) is 3.96. The Morgan fingerprint density at radius 1 is 1.03 bits per heavy atom. The quantitative estimate of drug-likeness (QED) is 0.247. The third-order valence-electron chi connectivity index (χ3n) is 5.77. The zero-order valence-electron chi connectivity index (χ0n) is 17.7. The maximum absolute atomic E-state index is 6.33. The lowest BCUT2D eigenvalue weighted by molar-refractivity contribution is 0.256. The minimum Gasteiger partial charge on any atom is -0.370 e. The molecule has 2 aliphatic rings. The number of guanidine groups is 1. The van der Waals surface area contributed by atoms with Crippen LogP contribution in [0.1, 0.15) is 6.42 Å². The molecular weight excluding hydrogens is 545 g/mol. The first-order valence-electron chi connectivity index (χ1n) is 10.6. The van der Waals surface area contributed by atoms with E-state index in [9.17, 15) is 0 Å². The van der Waals surface area contributed by atoms with E-state index in [2.05, 4.69) is 41.7 Å². The Kier molecular flexibility index (Phi) is 9.48. The van der Waals surface area contributed by atoms with Crippen LogP contribution in [0.3, 0.4) is 0 Å². The SMILES string of the molecule is I.NC(=NCCCN1CCN(c2ccccc2Cl)CC1)N1CCN(c2nccs2)CC1. The van der Waals surface area contributed by atoms with Gasteiger partial charge < -0.3 is 20.4 Å². The lowest BCUT2D eigenvalue weighted by Gasteiger charge is -2.36. The molecule has 0 saturated carbocycles. The van der Waals surface area contributed by atoms with Crippen molar-refractivity contribution in [1.29, 1.82) is 0 Å². The number of halogens is 2. The molecule has 2 N–H and O–H groups in total. The van der Waals surface area contributed by atoms with Crippen molar-refractivity contribution in [2.75, 3.05) is 75.2 Å². The average Bonchev–Trinajstić information content (AvgIpc) is 3.33. The van der Waals surface area contributed by atoms with Crippen molar-refractivity contribution in [3.05, 3.63) is 40.9 Å². The zero-order chi connectivity index (χ0) is 20.8. The van der Waals surface area contributed by atoms with Crippen LogP contribution >= 0.6 is 46.9 Å². The van der Waals surface area contributed by atoms with Crippen molar-refractivity contribution in [1.82, 2.24) is 14.8 Å². The summed E-state index contributed by atoms with van der Waals surface area (Å²) in [7, 11) is 0. The van der Waals surface area contributed by atoms with Crippen LogP contribution in [0.15, 0.2) is 40.8 Å². The highest BCUT2D eigenvalue weighted by molar-refractivity contribution is 14.0. The summed E-state index contributed by atoms with van der Waals surface area (Å²) in [6, 6.07) is 8.10. The molecule has 0 radical (unpaired) electrons. The zero-order valence-corrected chi connectivity index (χ0v) is 21.6. The molecule has 0 amide bonds. The number of hydrogen-bond donors (Lipinski definition) is 1. The number of nitrogens with two attached hydrogens (primary N) is 1. The molecule has 0 bridgehead atoms. The predicted octanol–water partition coefficient (Wildman–Crippen LogP) is 3.06. The summed E-state index contributed by atoms with van der Waals surface area (Å²) < 4.78 is 0. The van der Waals surface area contributed by atoms with Crippen LogP contribution in [0.5, 0.6) is 0 Å². The third kappa shape index (κ3) is 6.59. The summed E-state index contributed by atoms with van der Waals surface area (Å²) in [6.45, 7) is 9.67. The van der Waals surface area contributed by atoms with Crippen LogP contribution in [0.25, 0.3) is 0 Å². The van der Waals surface area contributed by atoms with Gasteiger partial charge in [-0.05, 0) is 18.6 Å². The van der Waals surface area contributed by atoms with E-state index in [4.69, 9.17) is 17.3 Å². The van der Waals surface area contributed by atoms with Crippen molar-refractivity contribution < 1.29 is 0 Å². The number of anilines is 2. The molecule has 0 atom stereocenters. The van der Waals surface area contributed by atoms with Crippen molar-refractivity contribution in [3.63, 3.8) is 0 Å². The van der Waals surface area contributed by atoms with Crippen LogP contribution in [-0.4, -0.2) is 86.2 Å². The Hall–Kier alpha value is -1.30. The molecule has 4 rings (SSSR count). The number of thiazole rings is 1. The third-order valence-corrected chi connectivity index (χ3v) is 6.92. The van der Waals surface area contributed by atoms with E-state index in [1.807, 2.05) is 23.7 Å². The first-order chi connectivity index (χ1) is 14.7. The molecule has 2 fully saturated rings. The van der Waals surface area contributed by atoms with Gasteiger partial charge in [0, 0.05) is 77.0 Å². The second-order valence-electron chi connectivity index (χ2n) is 7.66. The van der Waals surface area contributed by atoms with Gasteiger partial charge in [0.15, 0.2) is 11.1 Å². The highest BCUT2D eigenvalue weighted by Crippen LogP contribution is 2.26. The number of hydrogen-bond acceptors (Lipinski definition) is 6. The van der Waals surface area contributed by atoms with Gasteiger partial charge in [-0.3, -0.25) is 9.89 Å². The van der Waals surface area contributed by atoms with Gasteiger partial charge >= 0.3 is 0 Å². The van der Waals surface area contributed by atoms with Gasteiger partial charge in [0.25, 0.3) is 0 Å². The summed E-state index contributed by atoms with van der Waals surface area (Å²) >= 11 is 8.02. The Morgan fingerprint density at radius 2 is 1.74 bits per heavy atom. The van der Waals surface area contributed by atoms with Crippen LogP contribution < -0.4 is 15.5 Å². The minimum absolute atomic E-state index is 0. The standard InChI is InChI=1S/C21H30ClN7S.HI/c22-18-4-1-2-5-19(18)27-11-9-26(10-12-27)8-3-6-24-20(23)28-13-15-29(16-14-28)21-25-7-17-30-21;/h1-2,4-5,7,17H,3,6,8-16H2,(H2,23,24);1H. The maximum atomic E-state index is 6.33. The van der Waals surface area contributed by atoms with Crippen molar-refractivity contribution in [2.24, 2.45) is 10.7 Å². The fourth-order valence-corrected chi connectivity index (χ4v) is 4.96. The molecule has 7 nitrogen and oxygen atoms in total. The Labute approximate surface area is 210 Å². The predicted molar refractivity (Wildman–Crippen MR) is 143 cm³/mol. The number of aromatic nitrogens is 1. The highest BCUT2D eigenvalue weighted by Gasteiger charge is 2.20. The first-order valence-corrected chi connectivity index (χ1v) is 11.9. The smallest absolute Gasteiger partial charge is 0.191 e. The van der Waals surface area contributed by atoms with Crippen molar-refractivity contribution in [3.8, 4) is 0 Å². The lowest BCUT2D eigenvalue weighted by atomic mass is 10.2. The van der Waals surface area contributed by atoms with Gasteiger partial charge in [-0.1, -0.05) is 23.7 Å². The summed E-state index contributed by atoms with van der Waals surface area (Å²) in [6.07, 6.45) is 2.89. The summed E-state index contributed by atoms with van der Waals surface area (Å²) in [5.41, 5.74) is 7.38. The largest absolute Gasteiger partial charge is 0.370 e. The van der Waals surface area contributed by atoms with Gasteiger partial charge in [-0.15, -0.1) is 35.3 Å². The molecule has 0 unspecified atom stereocenters. The number of para-hydroxylation sites is 1. The fraction of sp³-hybridized carbons (Fsp3) is 0.524. The summed E-state index contributed by atoms with van der Waals surface area (Å²) in [5.74, 6) is 0.678. The molecular formula is C21H31ClIN7S. The Bertz CT molecular complexity index is 819. The molecule has 3 heterocycles. The highest BCUT2D eigenvalue weighted by atomic mass is 127. The second-order valence-corrected chi connectivity index (χ2v) is 8.94. The van der Waals surface area contributed by atoms with Crippen LogP contribution in [0.4, 0.5) is 10.8 Å². The van der Waals surface area contributed by atoms with E-state index in [1.54, 1.807) is 11.3 Å². The van der Waals surface area contributed by atoms with Crippen molar-refractivity contribution >= 4 is 63.7 Å².